The molecule has 94 valence electrons. The van der Waals surface area contributed by atoms with Crippen molar-refractivity contribution >= 4 is 6.20 Å². The van der Waals surface area contributed by atoms with Crippen LogP contribution in [0, 0.1) is 0 Å². The molecule has 2 heterocycles. The molecule has 0 unspecified atom stereocenters. The van der Waals surface area contributed by atoms with Gasteiger partial charge < -0.3 is 0 Å². The van der Waals surface area contributed by atoms with Crippen molar-refractivity contribution in [1.82, 2.24) is 0 Å². The normalized spacial score (nSPS) is 9.28. The standard InChI is InChI=1S/C13H14N2.C3H8/c1-3-15-10-6-13(7-11-15)12-4-8-14(2)9-5-12;1-3-2/h3-11H,1H2,2H3;3H2,1-2H3/q+2;. The van der Waals surface area contributed by atoms with Crippen LogP contribution in [0.4, 0.5) is 0 Å². The molecule has 2 aromatic rings. The maximum absolute atomic E-state index is 3.70. The Balaban J connectivity index is 0.000000492. The number of nitrogens with zero attached hydrogens (tertiary/aromatic N) is 2. The zero-order valence-corrected chi connectivity index (χ0v) is 11.5. The van der Waals surface area contributed by atoms with Gasteiger partial charge in [-0.25, -0.2) is 4.57 Å². The summed E-state index contributed by atoms with van der Waals surface area (Å²) < 4.78 is 3.95. The molecule has 0 aliphatic carbocycles. The fourth-order valence-electron chi connectivity index (χ4n) is 1.45. The average molecular weight is 242 g/mol. The molecule has 0 aliphatic rings. The van der Waals surface area contributed by atoms with Gasteiger partial charge in [0, 0.05) is 24.3 Å². The molecular weight excluding hydrogens is 220 g/mol. The van der Waals surface area contributed by atoms with Gasteiger partial charge in [-0.15, -0.1) is 0 Å². The second-order valence-corrected chi connectivity index (χ2v) is 4.18. The van der Waals surface area contributed by atoms with E-state index in [9.17, 15) is 0 Å². The third-order valence-electron chi connectivity index (χ3n) is 2.38. The van der Waals surface area contributed by atoms with Gasteiger partial charge in [0.25, 0.3) is 0 Å². The predicted octanol–water partition coefficient (Wildman–Crippen LogP) is 2.98. The van der Waals surface area contributed by atoms with Crippen LogP contribution < -0.4 is 9.13 Å². The van der Waals surface area contributed by atoms with Crippen molar-refractivity contribution in [1.29, 1.82) is 0 Å². The Kier molecular flexibility index (Phi) is 5.78. The predicted molar refractivity (Wildman–Crippen MR) is 75.6 cm³/mol. The second kappa shape index (κ2) is 7.38. The summed E-state index contributed by atoms with van der Waals surface area (Å²) in [4.78, 5) is 0. The molecular formula is C16H22N2+2. The number of rotatable bonds is 2. The Labute approximate surface area is 110 Å². The Bertz CT molecular complexity index is 469. The minimum Gasteiger partial charge on any atom is -0.208 e. The number of aryl methyl sites for hydroxylation is 1. The minimum absolute atomic E-state index is 1.22. The maximum Gasteiger partial charge on any atom is 0.175 e. The van der Waals surface area contributed by atoms with Gasteiger partial charge in [-0.3, -0.25) is 0 Å². The number of hydrogen-bond donors (Lipinski definition) is 0. The van der Waals surface area contributed by atoms with E-state index < -0.39 is 0 Å². The summed E-state index contributed by atoms with van der Waals surface area (Å²) in [7, 11) is 2.01. The fraction of sp³-hybridized carbons (Fsp3) is 0.250. The molecule has 0 saturated carbocycles. The van der Waals surface area contributed by atoms with E-state index in [2.05, 4.69) is 44.7 Å². The molecule has 0 radical (unpaired) electrons. The highest BCUT2D eigenvalue weighted by atomic mass is 14.9. The summed E-state index contributed by atoms with van der Waals surface area (Å²) in [5, 5.41) is 0. The Morgan fingerprint density at radius 1 is 0.944 bits per heavy atom. The van der Waals surface area contributed by atoms with Crippen molar-refractivity contribution in [2.75, 3.05) is 0 Å². The molecule has 0 saturated heterocycles. The summed E-state index contributed by atoms with van der Waals surface area (Å²) in [6.07, 6.45) is 11.1. The zero-order valence-electron chi connectivity index (χ0n) is 11.5. The molecule has 0 aliphatic heterocycles. The molecule has 2 heteroatoms. The second-order valence-electron chi connectivity index (χ2n) is 4.18. The molecule has 0 atom stereocenters. The van der Waals surface area contributed by atoms with Crippen LogP contribution in [-0.2, 0) is 7.05 Å². The van der Waals surface area contributed by atoms with Crippen LogP contribution in [0.1, 0.15) is 20.3 Å². The highest BCUT2D eigenvalue weighted by Crippen LogP contribution is 2.15. The summed E-state index contributed by atoms with van der Waals surface area (Å²) in [6, 6.07) is 8.37. The highest BCUT2D eigenvalue weighted by Gasteiger charge is 2.01. The largest absolute Gasteiger partial charge is 0.208 e. The molecule has 18 heavy (non-hydrogen) atoms. The molecule has 2 rings (SSSR count). The van der Waals surface area contributed by atoms with Gasteiger partial charge >= 0.3 is 0 Å². The molecule has 0 bridgehead atoms. The van der Waals surface area contributed by atoms with Crippen LogP contribution in [0.2, 0.25) is 0 Å². The van der Waals surface area contributed by atoms with E-state index >= 15 is 0 Å². The zero-order chi connectivity index (χ0) is 13.4. The molecule has 0 spiro atoms. The van der Waals surface area contributed by atoms with Crippen LogP contribution in [-0.4, -0.2) is 0 Å². The third-order valence-corrected chi connectivity index (χ3v) is 2.38. The quantitative estimate of drug-likeness (QED) is 0.715. The number of aromatic nitrogens is 2. The van der Waals surface area contributed by atoms with E-state index in [0.29, 0.717) is 0 Å². The average Bonchev–Trinajstić information content (AvgIpc) is 2.41. The van der Waals surface area contributed by atoms with Gasteiger partial charge in [0.05, 0.1) is 0 Å². The lowest BCUT2D eigenvalue weighted by molar-refractivity contribution is -0.671. The van der Waals surface area contributed by atoms with Crippen molar-refractivity contribution in [2.45, 2.75) is 20.3 Å². The minimum atomic E-state index is 1.22. The third kappa shape index (κ3) is 4.13. The van der Waals surface area contributed by atoms with E-state index in [4.69, 9.17) is 0 Å². The first-order valence-corrected chi connectivity index (χ1v) is 6.30. The smallest absolute Gasteiger partial charge is 0.175 e. The fourth-order valence-corrected chi connectivity index (χ4v) is 1.45. The summed E-state index contributed by atoms with van der Waals surface area (Å²) >= 11 is 0. The molecule has 0 aromatic carbocycles. The van der Waals surface area contributed by atoms with Gasteiger partial charge in [-0.05, 0) is 17.7 Å². The Morgan fingerprint density at radius 3 is 1.72 bits per heavy atom. The lowest BCUT2D eigenvalue weighted by Gasteiger charge is -1.97. The van der Waals surface area contributed by atoms with Crippen molar-refractivity contribution < 1.29 is 9.13 Å². The Hall–Kier alpha value is -1.96. The maximum atomic E-state index is 3.70. The van der Waals surface area contributed by atoms with Crippen LogP contribution >= 0.6 is 0 Å². The topological polar surface area (TPSA) is 7.76 Å². The summed E-state index contributed by atoms with van der Waals surface area (Å²) in [5.74, 6) is 0. The van der Waals surface area contributed by atoms with Gasteiger partial charge in [-0.1, -0.05) is 20.3 Å². The summed E-state index contributed by atoms with van der Waals surface area (Å²) in [6.45, 7) is 7.95. The highest BCUT2D eigenvalue weighted by molar-refractivity contribution is 5.60. The van der Waals surface area contributed by atoms with Gasteiger partial charge in [-0.2, -0.15) is 4.57 Å². The van der Waals surface area contributed by atoms with Crippen LogP contribution in [0.3, 0.4) is 0 Å². The van der Waals surface area contributed by atoms with Crippen molar-refractivity contribution in [3.05, 3.63) is 55.6 Å². The van der Waals surface area contributed by atoms with Gasteiger partial charge in [0.1, 0.15) is 7.05 Å². The van der Waals surface area contributed by atoms with Crippen LogP contribution in [0.5, 0.6) is 0 Å². The van der Waals surface area contributed by atoms with Crippen LogP contribution in [0.25, 0.3) is 17.3 Å². The van der Waals surface area contributed by atoms with Gasteiger partial charge in [0.15, 0.2) is 31.0 Å². The summed E-state index contributed by atoms with van der Waals surface area (Å²) in [5.41, 5.74) is 2.44. The van der Waals surface area contributed by atoms with E-state index in [1.165, 1.54) is 17.5 Å². The lowest BCUT2D eigenvalue weighted by atomic mass is 10.1. The number of pyridine rings is 2. The van der Waals surface area contributed by atoms with Crippen molar-refractivity contribution in [2.24, 2.45) is 7.05 Å². The van der Waals surface area contributed by atoms with E-state index in [1.807, 2.05) is 41.0 Å². The molecule has 0 amide bonds. The lowest BCUT2D eigenvalue weighted by Crippen LogP contribution is -2.25. The monoisotopic (exact) mass is 242 g/mol. The molecule has 2 nitrogen and oxygen atoms in total. The van der Waals surface area contributed by atoms with E-state index in [0.717, 1.165) is 0 Å². The van der Waals surface area contributed by atoms with Crippen LogP contribution in [0.15, 0.2) is 55.6 Å². The molecule has 0 N–H and O–H groups in total. The SMILES string of the molecule is C=C[n+]1ccc(-c2cc[n+](C)cc2)cc1.CCC. The first-order valence-electron chi connectivity index (χ1n) is 6.30. The first-order chi connectivity index (χ1) is 8.71. The van der Waals surface area contributed by atoms with Crippen molar-refractivity contribution in [3.63, 3.8) is 0 Å². The number of hydrogen-bond acceptors (Lipinski definition) is 0. The van der Waals surface area contributed by atoms with Crippen molar-refractivity contribution in [3.8, 4) is 11.1 Å². The van der Waals surface area contributed by atoms with E-state index in [-0.39, 0.29) is 0 Å². The molecule has 0 fully saturated rings. The van der Waals surface area contributed by atoms with Gasteiger partial charge in [0.2, 0.25) is 0 Å². The van der Waals surface area contributed by atoms with E-state index in [1.54, 1.807) is 6.20 Å². The first kappa shape index (κ1) is 14.1. The Morgan fingerprint density at radius 2 is 1.33 bits per heavy atom. The molecule has 2 aromatic heterocycles.